The van der Waals surface area contributed by atoms with E-state index in [1.165, 1.54) is 38.8 Å². The van der Waals surface area contributed by atoms with Gasteiger partial charge < -0.3 is 14.7 Å². The van der Waals surface area contributed by atoms with E-state index >= 15 is 0 Å². The lowest BCUT2D eigenvalue weighted by molar-refractivity contribution is 0.0194. The van der Waals surface area contributed by atoms with E-state index in [0.29, 0.717) is 13.2 Å². The number of aliphatic hydroxyl groups is 1. The minimum Gasteiger partial charge on any atom is -0.389 e. The van der Waals surface area contributed by atoms with Crippen LogP contribution in [-0.2, 0) is 4.74 Å². The van der Waals surface area contributed by atoms with Crippen molar-refractivity contribution in [2.24, 2.45) is 11.8 Å². The summed E-state index contributed by atoms with van der Waals surface area (Å²) in [5.74, 6) is 1.83. The summed E-state index contributed by atoms with van der Waals surface area (Å²) in [5.41, 5.74) is 0. The molecule has 0 aromatic rings. The summed E-state index contributed by atoms with van der Waals surface area (Å²) in [5, 5.41) is 9.85. The van der Waals surface area contributed by atoms with Gasteiger partial charge in [-0.25, -0.2) is 0 Å². The van der Waals surface area contributed by atoms with Crippen LogP contribution in [-0.4, -0.2) is 49.0 Å². The molecule has 0 saturated heterocycles. The highest BCUT2D eigenvalue weighted by Gasteiger charge is 2.29. The third kappa shape index (κ3) is 4.81. The van der Waals surface area contributed by atoms with E-state index in [1.54, 1.807) is 0 Å². The smallest absolute Gasteiger partial charge is 0.0900 e. The normalized spacial score (nSPS) is 22.7. The van der Waals surface area contributed by atoms with Gasteiger partial charge in [-0.15, -0.1) is 0 Å². The monoisotopic (exact) mass is 227 g/mol. The summed E-state index contributed by atoms with van der Waals surface area (Å²) in [6, 6.07) is 0. The third-order valence-electron chi connectivity index (χ3n) is 3.41. The molecule has 2 aliphatic rings. The molecule has 0 spiro atoms. The first-order chi connectivity index (χ1) is 7.78. The lowest BCUT2D eigenvalue weighted by Crippen LogP contribution is -2.37. The summed E-state index contributed by atoms with van der Waals surface area (Å²) in [7, 11) is 0. The van der Waals surface area contributed by atoms with Crippen LogP contribution in [0, 0.1) is 11.8 Å². The maximum Gasteiger partial charge on any atom is 0.0900 e. The molecule has 0 radical (unpaired) electrons. The van der Waals surface area contributed by atoms with Crippen molar-refractivity contribution in [1.82, 2.24) is 4.90 Å². The Morgan fingerprint density at radius 2 is 1.75 bits per heavy atom. The van der Waals surface area contributed by atoms with E-state index in [2.05, 4.69) is 4.90 Å². The minimum absolute atomic E-state index is 0.308. The molecule has 0 aromatic carbocycles. The van der Waals surface area contributed by atoms with Gasteiger partial charge >= 0.3 is 0 Å². The molecule has 16 heavy (non-hydrogen) atoms. The topological polar surface area (TPSA) is 32.7 Å². The summed E-state index contributed by atoms with van der Waals surface area (Å²) in [4.78, 5) is 2.46. The maximum absolute atomic E-state index is 9.85. The fourth-order valence-electron chi connectivity index (χ4n) is 2.16. The Labute approximate surface area is 98.8 Å². The van der Waals surface area contributed by atoms with Gasteiger partial charge in [0.2, 0.25) is 0 Å². The molecule has 0 amide bonds. The maximum atomic E-state index is 9.85. The van der Waals surface area contributed by atoms with Crippen LogP contribution >= 0.6 is 0 Å². The summed E-state index contributed by atoms with van der Waals surface area (Å²) >= 11 is 0. The number of rotatable bonds is 9. The Balaban J connectivity index is 1.66. The predicted molar refractivity (Wildman–Crippen MR) is 64.4 cm³/mol. The van der Waals surface area contributed by atoms with Gasteiger partial charge in [0, 0.05) is 26.2 Å². The molecule has 0 bridgehead atoms. The van der Waals surface area contributed by atoms with Crippen molar-refractivity contribution in [3.63, 3.8) is 0 Å². The minimum atomic E-state index is -0.308. The predicted octanol–water partition coefficient (Wildman–Crippen LogP) is 1.51. The average Bonchev–Trinajstić information content (AvgIpc) is 3.10. The van der Waals surface area contributed by atoms with E-state index in [0.717, 1.165) is 18.4 Å². The highest BCUT2D eigenvalue weighted by molar-refractivity contribution is 4.83. The molecule has 0 aromatic heterocycles. The Bertz CT molecular complexity index is 188. The second kappa shape index (κ2) is 5.99. The van der Waals surface area contributed by atoms with Crippen molar-refractivity contribution < 1.29 is 9.84 Å². The molecule has 94 valence electrons. The van der Waals surface area contributed by atoms with E-state index in [-0.39, 0.29) is 6.10 Å². The lowest BCUT2D eigenvalue weighted by Gasteiger charge is -2.24. The molecular formula is C13H25NO2. The van der Waals surface area contributed by atoms with Crippen molar-refractivity contribution >= 4 is 0 Å². The van der Waals surface area contributed by atoms with E-state index in [4.69, 9.17) is 4.74 Å². The van der Waals surface area contributed by atoms with Gasteiger partial charge in [0.05, 0.1) is 12.7 Å². The highest BCUT2D eigenvalue weighted by Crippen LogP contribution is 2.33. The van der Waals surface area contributed by atoms with Gasteiger partial charge in [-0.2, -0.15) is 0 Å². The molecule has 2 saturated carbocycles. The SMILES string of the molecule is CCOCC(O)CN(CC1CC1)CC1CC1. The Morgan fingerprint density at radius 1 is 1.19 bits per heavy atom. The van der Waals surface area contributed by atoms with Crippen molar-refractivity contribution in [1.29, 1.82) is 0 Å². The molecule has 2 fully saturated rings. The van der Waals surface area contributed by atoms with Gasteiger partial charge in [-0.05, 0) is 44.4 Å². The molecule has 2 aliphatic carbocycles. The second-order valence-electron chi connectivity index (χ2n) is 5.42. The zero-order chi connectivity index (χ0) is 11.4. The number of nitrogens with zero attached hydrogens (tertiary/aromatic N) is 1. The van der Waals surface area contributed by atoms with Crippen LogP contribution in [0.3, 0.4) is 0 Å². The largest absolute Gasteiger partial charge is 0.389 e. The lowest BCUT2D eigenvalue weighted by atomic mass is 10.2. The zero-order valence-electron chi connectivity index (χ0n) is 10.4. The molecule has 0 aliphatic heterocycles. The second-order valence-corrected chi connectivity index (χ2v) is 5.42. The average molecular weight is 227 g/mol. The molecule has 1 atom stereocenters. The summed E-state index contributed by atoms with van der Waals surface area (Å²) in [6.07, 6.45) is 5.26. The molecular weight excluding hydrogens is 202 g/mol. The molecule has 3 nitrogen and oxygen atoms in total. The standard InChI is InChI=1S/C13H25NO2/c1-2-16-10-13(15)9-14(7-11-3-4-11)8-12-5-6-12/h11-13,15H,2-10H2,1H3. The van der Waals surface area contributed by atoms with Gasteiger partial charge in [0.1, 0.15) is 0 Å². The number of aliphatic hydroxyl groups excluding tert-OH is 1. The Morgan fingerprint density at radius 3 is 2.19 bits per heavy atom. The number of hydrogen-bond acceptors (Lipinski definition) is 3. The van der Waals surface area contributed by atoms with Gasteiger partial charge in [0.15, 0.2) is 0 Å². The zero-order valence-corrected chi connectivity index (χ0v) is 10.4. The van der Waals surface area contributed by atoms with Crippen LogP contribution < -0.4 is 0 Å². The quantitative estimate of drug-likeness (QED) is 0.648. The summed E-state index contributed by atoms with van der Waals surface area (Å²) < 4.78 is 5.26. The van der Waals surface area contributed by atoms with Crippen LogP contribution in [0.4, 0.5) is 0 Å². The number of hydrogen-bond donors (Lipinski definition) is 1. The first kappa shape index (κ1) is 12.3. The van der Waals surface area contributed by atoms with Crippen molar-refractivity contribution in [3.8, 4) is 0 Å². The van der Waals surface area contributed by atoms with Gasteiger partial charge in [-0.3, -0.25) is 0 Å². The van der Waals surface area contributed by atoms with Gasteiger partial charge in [0.25, 0.3) is 0 Å². The fourth-order valence-corrected chi connectivity index (χ4v) is 2.16. The molecule has 2 rings (SSSR count). The third-order valence-corrected chi connectivity index (χ3v) is 3.41. The first-order valence-electron chi connectivity index (χ1n) is 6.76. The van der Waals surface area contributed by atoms with E-state index < -0.39 is 0 Å². The van der Waals surface area contributed by atoms with Crippen LogP contribution in [0.2, 0.25) is 0 Å². The van der Waals surface area contributed by atoms with E-state index in [1.807, 2.05) is 6.92 Å². The van der Waals surface area contributed by atoms with Crippen LogP contribution in [0.5, 0.6) is 0 Å². The van der Waals surface area contributed by atoms with Crippen LogP contribution in [0.1, 0.15) is 32.6 Å². The molecule has 3 heteroatoms. The van der Waals surface area contributed by atoms with Crippen molar-refractivity contribution in [3.05, 3.63) is 0 Å². The Hall–Kier alpha value is -0.120. The van der Waals surface area contributed by atoms with Crippen molar-refractivity contribution in [2.75, 3.05) is 32.8 Å². The van der Waals surface area contributed by atoms with Crippen molar-refractivity contribution in [2.45, 2.75) is 38.7 Å². The highest BCUT2D eigenvalue weighted by atomic mass is 16.5. The Kier molecular flexibility index (Phi) is 4.62. The molecule has 0 heterocycles. The number of ether oxygens (including phenoxy) is 1. The van der Waals surface area contributed by atoms with E-state index in [9.17, 15) is 5.11 Å². The van der Waals surface area contributed by atoms with Crippen LogP contribution in [0.15, 0.2) is 0 Å². The molecule has 1 N–H and O–H groups in total. The molecule has 1 unspecified atom stereocenters. The fraction of sp³-hybridized carbons (Fsp3) is 1.00. The summed E-state index contributed by atoms with van der Waals surface area (Å²) in [6.45, 7) is 6.34. The first-order valence-corrected chi connectivity index (χ1v) is 6.76. The van der Waals surface area contributed by atoms with Gasteiger partial charge in [-0.1, -0.05) is 0 Å². The van der Waals surface area contributed by atoms with Crippen LogP contribution in [0.25, 0.3) is 0 Å².